The molecule has 0 atom stereocenters. The monoisotopic (exact) mass is 289 g/mol. The molecule has 1 aromatic carbocycles. The highest BCUT2D eigenvalue weighted by atomic mass is 35.5. The van der Waals surface area contributed by atoms with E-state index in [0.717, 1.165) is 26.9 Å². The molecule has 0 amide bonds. The molecule has 0 spiro atoms. The van der Waals surface area contributed by atoms with Crippen molar-refractivity contribution in [2.45, 2.75) is 13.8 Å². The minimum Gasteiger partial charge on any atom is -0.359 e. The van der Waals surface area contributed by atoms with Crippen LogP contribution in [0.4, 0.5) is 0 Å². The third-order valence-electron chi connectivity index (χ3n) is 2.79. The lowest BCUT2D eigenvalue weighted by Gasteiger charge is -2.07. The maximum Gasteiger partial charge on any atom is 0.0505 e. The second kappa shape index (κ2) is 6.09. The van der Waals surface area contributed by atoms with E-state index in [-0.39, 0.29) is 0 Å². The summed E-state index contributed by atoms with van der Waals surface area (Å²) in [5, 5.41) is 4.03. The molecule has 19 heavy (non-hydrogen) atoms. The van der Waals surface area contributed by atoms with Crippen LogP contribution in [0.1, 0.15) is 18.7 Å². The standard InChI is InChI=1S/C16H16ClNS/c1-4-11(2)18-12(3)15-8-9-16(19-15)13-6-5-7-14(17)10-13/h4-10,18H,3H2,1-2H3/b11-4-. The van der Waals surface area contributed by atoms with Crippen LogP contribution >= 0.6 is 22.9 Å². The zero-order valence-electron chi connectivity index (χ0n) is 11.0. The highest BCUT2D eigenvalue weighted by molar-refractivity contribution is 7.16. The predicted molar refractivity (Wildman–Crippen MR) is 86.4 cm³/mol. The summed E-state index contributed by atoms with van der Waals surface area (Å²) in [4.78, 5) is 2.33. The van der Waals surface area contributed by atoms with E-state index in [2.05, 4.69) is 30.1 Å². The molecule has 0 radical (unpaired) electrons. The lowest BCUT2D eigenvalue weighted by molar-refractivity contribution is 1.08. The van der Waals surface area contributed by atoms with E-state index < -0.39 is 0 Å². The number of benzene rings is 1. The molecule has 1 N–H and O–H groups in total. The summed E-state index contributed by atoms with van der Waals surface area (Å²) >= 11 is 7.73. The molecule has 0 unspecified atom stereocenters. The van der Waals surface area contributed by atoms with Crippen LogP contribution in [0, 0.1) is 0 Å². The van der Waals surface area contributed by atoms with Gasteiger partial charge in [0.05, 0.1) is 4.88 Å². The topological polar surface area (TPSA) is 12.0 Å². The van der Waals surface area contributed by atoms with Crippen molar-refractivity contribution in [1.29, 1.82) is 0 Å². The molecule has 0 bridgehead atoms. The van der Waals surface area contributed by atoms with E-state index in [1.54, 1.807) is 11.3 Å². The van der Waals surface area contributed by atoms with Crippen LogP contribution in [-0.2, 0) is 0 Å². The number of rotatable bonds is 4. The van der Waals surface area contributed by atoms with Gasteiger partial charge in [-0.15, -0.1) is 11.3 Å². The van der Waals surface area contributed by atoms with Gasteiger partial charge >= 0.3 is 0 Å². The Morgan fingerprint density at radius 3 is 2.79 bits per heavy atom. The average Bonchev–Trinajstić information content (AvgIpc) is 2.88. The van der Waals surface area contributed by atoms with Crippen LogP contribution in [0.3, 0.4) is 0 Å². The van der Waals surface area contributed by atoms with Gasteiger partial charge in [-0.25, -0.2) is 0 Å². The number of halogens is 1. The highest BCUT2D eigenvalue weighted by Gasteiger charge is 2.06. The molecule has 0 saturated carbocycles. The van der Waals surface area contributed by atoms with Crippen molar-refractivity contribution < 1.29 is 0 Å². The molecule has 2 aromatic rings. The largest absolute Gasteiger partial charge is 0.359 e. The Morgan fingerprint density at radius 1 is 1.32 bits per heavy atom. The fourth-order valence-electron chi connectivity index (χ4n) is 1.67. The Hall–Kier alpha value is -1.51. The van der Waals surface area contributed by atoms with Gasteiger partial charge in [-0.05, 0) is 43.7 Å². The van der Waals surface area contributed by atoms with Crippen LogP contribution in [0.25, 0.3) is 16.1 Å². The van der Waals surface area contributed by atoms with Gasteiger partial charge in [0.15, 0.2) is 0 Å². The third kappa shape index (κ3) is 3.49. The van der Waals surface area contributed by atoms with Crippen molar-refractivity contribution in [2.75, 3.05) is 0 Å². The zero-order valence-corrected chi connectivity index (χ0v) is 12.6. The number of hydrogen-bond acceptors (Lipinski definition) is 2. The average molecular weight is 290 g/mol. The molecular weight excluding hydrogens is 274 g/mol. The molecule has 0 aliphatic carbocycles. The first kappa shape index (κ1) is 13.9. The van der Waals surface area contributed by atoms with Gasteiger partial charge in [-0.2, -0.15) is 0 Å². The van der Waals surface area contributed by atoms with Crippen LogP contribution < -0.4 is 5.32 Å². The summed E-state index contributed by atoms with van der Waals surface area (Å²) in [6, 6.07) is 12.1. The number of hydrogen-bond donors (Lipinski definition) is 1. The number of allylic oxidation sites excluding steroid dienone is 2. The van der Waals surface area contributed by atoms with Gasteiger partial charge in [0.2, 0.25) is 0 Å². The van der Waals surface area contributed by atoms with Crippen molar-refractivity contribution in [3.63, 3.8) is 0 Å². The van der Waals surface area contributed by atoms with Crippen LogP contribution in [0.5, 0.6) is 0 Å². The molecular formula is C16H16ClNS. The predicted octanol–water partition coefficient (Wildman–Crippen LogP) is 5.55. The Balaban J connectivity index is 2.22. The van der Waals surface area contributed by atoms with Gasteiger partial charge in [0.1, 0.15) is 0 Å². The molecule has 1 heterocycles. The molecule has 3 heteroatoms. The first-order valence-corrected chi connectivity index (χ1v) is 7.24. The van der Waals surface area contributed by atoms with E-state index in [1.807, 2.05) is 38.1 Å². The zero-order chi connectivity index (χ0) is 13.8. The molecule has 0 aliphatic heterocycles. The lowest BCUT2D eigenvalue weighted by Crippen LogP contribution is -2.06. The van der Waals surface area contributed by atoms with E-state index in [9.17, 15) is 0 Å². The van der Waals surface area contributed by atoms with Gasteiger partial charge in [0.25, 0.3) is 0 Å². The first-order valence-electron chi connectivity index (χ1n) is 6.05. The summed E-state index contributed by atoms with van der Waals surface area (Å²) in [6.07, 6.45) is 2.02. The molecule has 1 nitrogen and oxygen atoms in total. The van der Waals surface area contributed by atoms with Crippen molar-refractivity contribution in [2.24, 2.45) is 0 Å². The summed E-state index contributed by atoms with van der Waals surface area (Å²) in [5.74, 6) is 0. The van der Waals surface area contributed by atoms with Crippen molar-refractivity contribution >= 4 is 28.6 Å². The SMILES string of the molecule is C=C(N/C(C)=C\C)c1ccc(-c2cccc(Cl)c2)s1. The summed E-state index contributed by atoms with van der Waals surface area (Å²) < 4.78 is 0. The second-order valence-corrected chi connectivity index (χ2v) is 5.77. The lowest BCUT2D eigenvalue weighted by atomic mass is 10.2. The van der Waals surface area contributed by atoms with Gasteiger partial charge < -0.3 is 5.32 Å². The second-order valence-electron chi connectivity index (χ2n) is 4.25. The summed E-state index contributed by atoms with van der Waals surface area (Å²) in [5.41, 5.74) is 3.16. The van der Waals surface area contributed by atoms with Crippen molar-refractivity contribution in [1.82, 2.24) is 5.32 Å². The minimum absolute atomic E-state index is 0.758. The third-order valence-corrected chi connectivity index (χ3v) is 4.22. The van der Waals surface area contributed by atoms with E-state index in [0.29, 0.717) is 0 Å². The van der Waals surface area contributed by atoms with E-state index in [4.69, 9.17) is 11.6 Å². The molecule has 0 saturated heterocycles. The van der Waals surface area contributed by atoms with Gasteiger partial charge in [-0.1, -0.05) is 36.4 Å². The Bertz CT molecular complexity index is 625. The maximum absolute atomic E-state index is 6.02. The number of thiophene rings is 1. The molecule has 98 valence electrons. The molecule has 0 aliphatic rings. The summed E-state index contributed by atoms with van der Waals surface area (Å²) in [7, 11) is 0. The van der Waals surface area contributed by atoms with Gasteiger partial charge in [0, 0.05) is 21.3 Å². The molecule has 0 fully saturated rings. The Kier molecular flexibility index (Phi) is 4.46. The van der Waals surface area contributed by atoms with Crippen LogP contribution in [0.15, 0.2) is 54.8 Å². The Morgan fingerprint density at radius 2 is 2.11 bits per heavy atom. The van der Waals surface area contributed by atoms with E-state index >= 15 is 0 Å². The quantitative estimate of drug-likeness (QED) is 0.778. The van der Waals surface area contributed by atoms with Crippen molar-refractivity contribution in [3.8, 4) is 10.4 Å². The smallest absolute Gasteiger partial charge is 0.0505 e. The molecule has 1 aromatic heterocycles. The summed E-state index contributed by atoms with van der Waals surface area (Å²) in [6.45, 7) is 8.10. The first-order chi connectivity index (χ1) is 9.10. The van der Waals surface area contributed by atoms with Crippen LogP contribution in [0.2, 0.25) is 5.02 Å². The van der Waals surface area contributed by atoms with Crippen molar-refractivity contribution in [3.05, 3.63) is 64.6 Å². The fourth-order valence-corrected chi connectivity index (χ4v) is 2.79. The van der Waals surface area contributed by atoms with Crippen LogP contribution in [-0.4, -0.2) is 0 Å². The van der Waals surface area contributed by atoms with E-state index in [1.165, 1.54) is 4.88 Å². The maximum atomic E-state index is 6.02. The number of nitrogens with one attached hydrogen (secondary N) is 1. The van der Waals surface area contributed by atoms with Gasteiger partial charge in [-0.3, -0.25) is 0 Å². The normalized spacial score (nSPS) is 11.4. The highest BCUT2D eigenvalue weighted by Crippen LogP contribution is 2.32. The fraction of sp³-hybridized carbons (Fsp3) is 0.125. The molecule has 2 rings (SSSR count). The minimum atomic E-state index is 0.758. The Labute approximate surface area is 123 Å².